The van der Waals surface area contributed by atoms with Crippen LogP contribution in [0.25, 0.3) is 10.2 Å². The summed E-state index contributed by atoms with van der Waals surface area (Å²) in [6.45, 7) is 4.76. The van der Waals surface area contributed by atoms with E-state index in [0.29, 0.717) is 5.95 Å². The molecule has 3 aromatic heterocycles. The third-order valence-electron chi connectivity index (χ3n) is 4.11. The van der Waals surface area contributed by atoms with Gasteiger partial charge in [0.1, 0.15) is 10.6 Å². The van der Waals surface area contributed by atoms with Crippen LogP contribution in [0.2, 0.25) is 0 Å². The van der Waals surface area contributed by atoms with Gasteiger partial charge in [-0.1, -0.05) is 6.07 Å². The number of anilines is 2. The Balaban J connectivity index is 1.47. The Kier molecular flexibility index (Phi) is 3.80. The predicted octanol–water partition coefficient (Wildman–Crippen LogP) is 1.99. The summed E-state index contributed by atoms with van der Waals surface area (Å²) in [5.74, 6) is 1.32. The van der Waals surface area contributed by atoms with Crippen LogP contribution >= 0.6 is 11.3 Å². The predicted molar refractivity (Wildman–Crippen MR) is 93.6 cm³/mol. The molecular formula is C16H18N6S. The molecule has 0 aromatic carbocycles. The van der Waals surface area contributed by atoms with Gasteiger partial charge in [-0.3, -0.25) is 9.88 Å². The minimum absolute atomic E-state index is 0.353. The van der Waals surface area contributed by atoms with Crippen LogP contribution in [0.1, 0.15) is 5.69 Å². The van der Waals surface area contributed by atoms with Gasteiger partial charge >= 0.3 is 0 Å². The highest BCUT2D eigenvalue weighted by Gasteiger charge is 2.21. The van der Waals surface area contributed by atoms with Crippen LogP contribution in [0.5, 0.6) is 0 Å². The molecule has 3 aromatic rings. The molecule has 23 heavy (non-hydrogen) atoms. The van der Waals surface area contributed by atoms with Gasteiger partial charge in [-0.25, -0.2) is 4.98 Å². The fraction of sp³-hybridized carbons (Fsp3) is 0.312. The molecule has 0 bridgehead atoms. The molecule has 0 aliphatic carbocycles. The smallest absolute Gasteiger partial charge is 0.223 e. The van der Waals surface area contributed by atoms with Crippen molar-refractivity contribution in [1.29, 1.82) is 0 Å². The average Bonchev–Trinajstić information content (AvgIpc) is 3.04. The largest absolute Gasteiger partial charge is 0.368 e. The van der Waals surface area contributed by atoms with Gasteiger partial charge in [0.2, 0.25) is 5.95 Å². The van der Waals surface area contributed by atoms with Crippen LogP contribution in [-0.2, 0) is 6.54 Å². The van der Waals surface area contributed by atoms with Crippen molar-refractivity contribution in [2.45, 2.75) is 6.54 Å². The standard InChI is InChI=1S/C16H18N6S/c17-16-19-14(13-4-10-23-15(13)20-16)22-8-6-21(7-9-22)11-12-3-1-2-5-18-12/h1-5,10H,6-9,11H2,(H2,17,19,20). The zero-order valence-corrected chi connectivity index (χ0v) is 13.5. The number of pyridine rings is 1. The first-order chi connectivity index (χ1) is 11.3. The van der Waals surface area contributed by atoms with Crippen molar-refractivity contribution in [3.8, 4) is 0 Å². The van der Waals surface area contributed by atoms with Gasteiger partial charge in [-0.05, 0) is 23.6 Å². The second kappa shape index (κ2) is 6.10. The summed E-state index contributed by atoms with van der Waals surface area (Å²) >= 11 is 1.61. The number of nitrogens with two attached hydrogens (primary N) is 1. The molecule has 4 rings (SSSR count). The molecule has 1 fully saturated rings. The molecule has 2 N–H and O–H groups in total. The molecule has 6 nitrogen and oxygen atoms in total. The molecule has 118 valence electrons. The maximum absolute atomic E-state index is 5.86. The number of nitrogens with zero attached hydrogens (tertiary/aromatic N) is 5. The molecule has 0 saturated carbocycles. The van der Waals surface area contributed by atoms with Crippen LogP contribution in [0.15, 0.2) is 35.8 Å². The van der Waals surface area contributed by atoms with E-state index in [0.717, 1.165) is 54.5 Å². The maximum atomic E-state index is 5.86. The summed E-state index contributed by atoms with van der Waals surface area (Å²) in [5, 5.41) is 3.14. The average molecular weight is 326 g/mol. The Hall–Kier alpha value is -2.25. The minimum Gasteiger partial charge on any atom is -0.368 e. The number of hydrogen-bond acceptors (Lipinski definition) is 7. The van der Waals surface area contributed by atoms with Gasteiger partial charge in [0.05, 0.1) is 11.1 Å². The van der Waals surface area contributed by atoms with Gasteiger partial charge in [0, 0.05) is 38.9 Å². The Labute approximate surface area is 138 Å². The number of thiophene rings is 1. The molecule has 0 amide bonds. The fourth-order valence-electron chi connectivity index (χ4n) is 2.94. The number of aromatic nitrogens is 3. The highest BCUT2D eigenvalue weighted by atomic mass is 32.1. The van der Waals surface area contributed by atoms with Crippen LogP contribution in [0, 0.1) is 0 Å². The van der Waals surface area contributed by atoms with E-state index in [4.69, 9.17) is 5.73 Å². The van der Waals surface area contributed by atoms with Gasteiger partial charge < -0.3 is 10.6 Å². The Morgan fingerprint density at radius 3 is 2.74 bits per heavy atom. The minimum atomic E-state index is 0.353. The molecule has 7 heteroatoms. The fourth-order valence-corrected chi connectivity index (χ4v) is 3.70. The quantitative estimate of drug-likeness (QED) is 0.794. The summed E-state index contributed by atoms with van der Waals surface area (Å²) in [6, 6.07) is 8.14. The van der Waals surface area contributed by atoms with Crippen molar-refractivity contribution < 1.29 is 0 Å². The summed E-state index contributed by atoms with van der Waals surface area (Å²) < 4.78 is 0. The zero-order valence-electron chi connectivity index (χ0n) is 12.7. The Morgan fingerprint density at radius 2 is 1.96 bits per heavy atom. The van der Waals surface area contributed by atoms with Crippen molar-refractivity contribution in [2.75, 3.05) is 36.8 Å². The van der Waals surface area contributed by atoms with E-state index in [2.05, 4.69) is 36.9 Å². The monoisotopic (exact) mass is 326 g/mol. The highest BCUT2D eigenvalue weighted by molar-refractivity contribution is 7.16. The van der Waals surface area contributed by atoms with Gasteiger partial charge in [0.15, 0.2) is 0 Å². The summed E-state index contributed by atoms with van der Waals surface area (Å²) in [7, 11) is 0. The lowest BCUT2D eigenvalue weighted by Crippen LogP contribution is -2.46. The molecule has 0 spiro atoms. The maximum Gasteiger partial charge on any atom is 0.223 e. The first-order valence-electron chi connectivity index (χ1n) is 7.67. The lowest BCUT2D eigenvalue weighted by molar-refractivity contribution is 0.247. The SMILES string of the molecule is Nc1nc(N2CCN(Cc3ccccn3)CC2)c2ccsc2n1. The lowest BCUT2D eigenvalue weighted by Gasteiger charge is -2.35. The highest BCUT2D eigenvalue weighted by Crippen LogP contribution is 2.29. The van der Waals surface area contributed by atoms with E-state index < -0.39 is 0 Å². The van der Waals surface area contributed by atoms with Crippen LogP contribution in [-0.4, -0.2) is 46.0 Å². The summed E-state index contributed by atoms with van der Waals surface area (Å²) in [6.07, 6.45) is 1.85. The number of nitrogen functional groups attached to an aromatic ring is 1. The first kappa shape index (κ1) is 14.3. The second-order valence-electron chi connectivity index (χ2n) is 5.63. The molecule has 0 atom stereocenters. The molecule has 1 aliphatic heterocycles. The van der Waals surface area contributed by atoms with Crippen LogP contribution in [0.3, 0.4) is 0 Å². The van der Waals surface area contributed by atoms with Gasteiger partial charge in [0.25, 0.3) is 0 Å². The topological polar surface area (TPSA) is 71.2 Å². The number of rotatable bonds is 3. The molecule has 1 saturated heterocycles. The van der Waals surface area contributed by atoms with E-state index in [1.165, 1.54) is 0 Å². The number of fused-ring (bicyclic) bond motifs is 1. The van der Waals surface area contributed by atoms with E-state index >= 15 is 0 Å². The van der Waals surface area contributed by atoms with E-state index in [1.807, 2.05) is 23.7 Å². The van der Waals surface area contributed by atoms with Crippen molar-refractivity contribution in [3.05, 3.63) is 41.5 Å². The first-order valence-corrected chi connectivity index (χ1v) is 8.55. The van der Waals surface area contributed by atoms with Crippen molar-refractivity contribution in [3.63, 3.8) is 0 Å². The zero-order chi connectivity index (χ0) is 15.6. The lowest BCUT2D eigenvalue weighted by atomic mass is 10.2. The molecule has 0 radical (unpaired) electrons. The van der Waals surface area contributed by atoms with Crippen molar-refractivity contribution in [2.24, 2.45) is 0 Å². The van der Waals surface area contributed by atoms with Crippen LogP contribution < -0.4 is 10.6 Å². The second-order valence-corrected chi connectivity index (χ2v) is 6.52. The molecular weight excluding hydrogens is 308 g/mol. The summed E-state index contributed by atoms with van der Waals surface area (Å²) in [5.41, 5.74) is 6.98. The molecule has 4 heterocycles. The summed E-state index contributed by atoms with van der Waals surface area (Å²) in [4.78, 5) is 18.9. The normalized spacial score (nSPS) is 16.1. The van der Waals surface area contributed by atoms with Gasteiger partial charge in [-0.15, -0.1) is 11.3 Å². The van der Waals surface area contributed by atoms with E-state index in [1.54, 1.807) is 11.3 Å². The third-order valence-corrected chi connectivity index (χ3v) is 4.91. The van der Waals surface area contributed by atoms with Crippen LogP contribution in [0.4, 0.5) is 11.8 Å². The number of hydrogen-bond donors (Lipinski definition) is 1. The van der Waals surface area contributed by atoms with E-state index in [-0.39, 0.29) is 0 Å². The van der Waals surface area contributed by atoms with Gasteiger partial charge in [-0.2, -0.15) is 4.98 Å². The molecule has 1 aliphatic rings. The Bertz CT molecular complexity index is 795. The molecule has 0 unspecified atom stereocenters. The van der Waals surface area contributed by atoms with Crippen molar-refractivity contribution in [1.82, 2.24) is 19.9 Å². The number of piperazine rings is 1. The third kappa shape index (κ3) is 2.97. The van der Waals surface area contributed by atoms with E-state index in [9.17, 15) is 0 Å². The Morgan fingerprint density at radius 1 is 1.09 bits per heavy atom. The van der Waals surface area contributed by atoms with Crippen molar-refractivity contribution >= 4 is 33.3 Å².